The number of amides is 2. The van der Waals surface area contributed by atoms with Crippen molar-refractivity contribution in [3.8, 4) is 0 Å². The van der Waals surface area contributed by atoms with Crippen LogP contribution in [0.2, 0.25) is 0 Å². The fourth-order valence-electron chi connectivity index (χ4n) is 3.98. The third-order valence-corrected chi connectivity index (χ3v) is 5.80. The third kappa shape index (κ3) is 2.93. The Morgan fingerprint density at radius 3 is 2.68 bits per heavy atom. The molecule has 3 aliphatic rings. The van der Waals surface area contributed by atoms with Gasteiger partial charge in [-0.15, -0.1) is 0 Å². The molecule has 1 aromatic heterocycles. The van der Waals surface area contributed by atoms with Gasteiger partial charge in [-0.05, 0) is 30.0 Å². The van der Waals surface area contributed by atoms with E-state index >= 15 is 0 Å². The van der Waals surface area contributed by atoms with Crippen molar-refractivity contribution >= 4 is 17.8 Å². The molecule has 1 spiro atoms. The van der Waals surface area contributed by atoms with Crippen LogP contribution >= 0.6 is 0 Å². The largest absolute Gasteiger partial charge is 0.380 e. The predicted molar refractivity (Wildman–Crippen MR) is 97.4 cm³/mol. The minimum Gasteiger partial charge on any atom is -0.380 e. The van der Waals surface area contributed by atoms with Crippen molar-refractivity contribution in [1.29, 1.82) is 0 Å². The predicted octanol–water partition coefficient (Wildman–Crippen LogP) is 1.86. The van der Waals surface area contributed by atoms with E-state index in [0.717, 1.165) is 44.0 Å². The van der Waals surface area contributed by atoms with Crippen LogP contribution in [0.25, 0.3) is 0 Å². The van der Waals surface area contributed by atoms with Crippen LogP contribution < -0.4 is 5.32 Å². The van der Waals surface area contributed by atoms with E-state index in [2.05, 4.69) is 21.4 Å². The molecule has 2 amide bonds. The van der Waals surface area contributed by atoms with E-state index in [0.29, 0.717) is 18.0 Å². The van der Waals surface area contributed by atoms with Gasteiger partial charge in [0.05, 0.1) is 25.6 Å². The number of halogens is 1. The molecule has 0 atom stereocenters. The first kappa shape index (κ1) is 17.2. The van der Waals surface area contributed by atoms with Crippen LogP contribution in [-0.2, 0) is 14.9 Å². The van der Waals surface area contributed by atoms with E-state index in [-0.39, 0.29) is 23.8 Å². The van der Waals surface area contributed by atoms with E-state index in [1.54, 1.807) is 4.90 Å². The molecule has 8 heteroatoms. The molecule has 1 N–H and O–H groups in total. The highest BCUT2D eigenvalue weighted by Gasteiger charge is 2.51. The minimum absolute atomic E-state index is 0.0183. The van der Waals surface area contributed by atoms with Crippen LogP contribution in [0, 0.1) is 5.82 Å². The summed E-state index contributed by atoms with van der Waals surface area (Å²) in [7, 11) is 0. The van der Waals surface area contributed by atoms with Crippen LogP contribution in [0.1, 0.15) is 40.2 Å². The molecule has 0 bridgehead atoms. The van der Waals surface area contributed by atoms with E-state index in [9.17, 15) is 14.0 Å². The van der Waals surface area contributed by atoms with Gasteiger partial charge in [0.1, 0.15) is 6.54 Å². The zero-order valence-corrected chi connectivity index (χ0v) is 15.2. The molecule has 1 aromatic carbocycles. The number of fused-ring (bicyclic) bond motifs is 2. The summed E-state index contributed by atoms with van der Waals surface area (Å²) >= 11 is 0. The monoisotopic (exact) mass is 382 g/mol. The van der Waals surface area contributed by atoms with Crippen molar-refractivity contribution in [3.05, 3.63) is 53.1 Å². The maximum Gasteiger partial charge on any atom is 0.254 e. The van der Waals surface area contributed by atoms with Gasteiger partial charge < -0.3 is 9.64 Å². The SMILES string of the molecule is O=C(CN1CC2(CC2)c2cc(C3COC3)ccc2C1=O)Nc1ncc(F)cn1. The van der Waals surface area contributed by atoms with E-state index < -0.39 is 11.7 Å². The fraction of sp³-hybridized carbons (Fsp3) is 0.400. The Morgan fingerprint density at radius 2 is 2.04 bits per heavy atom. The van der Waals surface area contributed by atoms with Crippen molar-refractivity contribution in [2.24, 2.45) is 0 Å². The lowest BCUT2D eigenvalue weighted by atomic mass is 9.83. The Kier molecular flexibility index (Phi) is 3.90. The zero-order valence-electron chi connectivity index (χ0n) is 15.2. The number of hydrogen-bond donors (Lipinski definition) is 1. The molecule has 1 saturated heterocycles. The number of aromatic nitrogens is 2. The molecule has 7 nitrogen and oxygen atoms in total. The number of rotatable bonds is 4. The summed E-state index contributed by atoms with van der Waals surface area (Å²) < 4.78 is 18.2. The summed E-state index contributed by atoms with van der Waals surface area (Å²) in [6.07, 6.45) is 3.98. The lowest BCUT2D eigenvalue weighted by molar-refractivity contribution is -0.117. The van der Waals surface area contributed by atoms with Crippen LogP contribution in [0.5, 0.6) is 0 Å². The third-order valence-electron chi connectivity index (χ3n) is 5.80. The smallest absolute Gasteiger partial charge is 0.254 e. The molecule has 28 heavy (non-hydrogen) atoms. The van der Waals surface area contributed by atoms with Crippen molar-refractivity contribution in [3.63, 3.8) is 0 Å². The Balaban J connectivity index is 1.34. The molecule has 1 saturated carbocycles. The number of nitrogens with zero attached hydrogens (tertiary/aromatic N) is 3. The van der Waals surface area contributed by atoms with Crippen molar-refractivity contribution in [2.75, 3.05) is 31.6 Å². The first-order valence-corrected chi connectivity index (χ1v) is 9.33. The molecule has 144 valence electrons. The average molecular weight is 382 g/mol. The standard InChI is InChI=1S/C20H19FN4O3/c21-14-6-22-19(23-7-14)24-17(26)8-25-11-20(3-4-20)16-5-12(13-9-28-10-13)1-2-15(16)18(25)27/h1-2,5-7,13H,3-4,8-11H2,(H,22,23,24,26). The lowest BCUT2D eigenvalue weighted by Crippen LogP contribution is -2.47. The summed E-state index contributed by atoms with van der Waals surface area (Å²) in [5.74, 6) is -0.689. The van der Waals surface area contributed by atoms with E-state index in [1.165, 1.54) is 5.56 Å². The van der Waals surface area contributed by atoms with Gasteiger partial charge in [0.15, 0.2) is 5.82 Å². The van der Waals surface area contributed by atoms with Gasteiger partial charge in [-0.1, -0.05) is 12.1 Å². The molecule has 3 heterocycles. The van der Waals surface area contributed by atoms with Crippen LogP contribution in [-0.4, -0.2) is 53.0 Å². The van der Waals surface area contributed by atoms with Crippen molar-refractivity contribution in [2.45, 2.75) is 24.2 Å². The number of benzene rings is 1. The first-order chi connectivity index (χ1) is 13.5. The van der Waals surface area contributed by atoms with Crippen LogP contribution in [0.4, 0.5) is 10.3 Å². The Morgan fingerprint density at radius 1 is 1.29 bits per heavy atom. The van der Waals surface area contributed by atoms with Crippen molar-refractivity contribution < 1.29 is 18.7 Å². The van der Waals surface area contributed by atoms with E-state index in [1.807, 2.05) is 12.1 Å². The Bertz CT molecular complexity index is 954. The second kappa shape index (κ2) is 6.34. The summed E-state index contributed by atoms with van der Waals surface area (Å²) in [5, 5.41) is 2.51. The van der Waals surface area contributed by atoms with E-state index in [4.69, 9.17) is 4.74 Å². The zero-order chi connectivity index (χ0) is 19.3. The van der Waals surface area contributed by atoms with Crippen molar-refractivity contribution in [1.82, 2.24) is 14.9 Å². The maximum absolute atomic E-state index is 13.0. The molecule has 0 radical (unpaired) electrons. The molecule has 2 aromatic rings. The molecule has 2 fully saturated rings. The first-order valence-electron chi connectivity index (χ1n) is 9.33. The van der Waals surface area contributed by atoms with Crippen LogP contribution in [0.3, 0.4) is 0 Å². The molecule has 2 aliphatic heterocycles. The summed E-state index contributed by atoms with van der Waals surface area (Å²) in [4.78, 5) is 34.3. The maximum atomic E-state index is 13.0. The van der Waals surface area contributed by atoms with Gasteiger partial charge in [0.25, 0.3) is 5.91 Å². The summed E-state index contributed by atoms with van der Waals surface area (Å²) in [6, 6.07) is 6.05. The highest BCUT2D eigenvalue weighted by Crippen LogP contribution is 2.52. The Hall–Kier alpha value is -2.87. The van der Waals surface area contributed by atoms with Crippen LogP contribution in [0.15, 0.2) is 30.6 Å². The molecular formula is C20H19FN4O3. The quantitative estimate of drug-likeness (QED) is 0.873. The number of carbonyl (C=O) groups excluding carboxylic acids is 2. The molecule has 0 unspecified atom stereocenters. The second-order valence-electron chi connectivity index (χ2n) is 7.75. The summed E-state index contributed by atoms with van der Waals surface area (Å²) in [5.41, 5.74) is 2.97. The highest BCUT2D eigenvalue weighted by molar-refractivity contribution is 6.01. The fourth-order valence-corrected chi connectivity index (χ4v) is 3.98. The highest BCUT2D eigenvalue weighted by atomic mass is 19.1. The number of hydrogen-bond acceptors (Lipinski definition) is 5. The summed E-state index contributed by atoms with van der Waals surface area (Å²) in [6.45, 7) is 1.91. The van der Waals surface area contributed by atoms with Gasteiger partial charge in [-0.2, -0.15) is 0 Å². The van der Waals surface area contributed by atoms with Gasteiger partial charge in [0, 0.05) is 23.4 Å². The number of ether oxygens (including phenoxy) is 1. The number of nitrogens with one attached hydrogen (secondary N) is 1. The normalized spacial score (nSPS) is 19.9. The average Bonchev–Trinajstić information content (AvgIpc) is 3.40. The van der Waals surface area contributed by atoms with Gasteiger partial charge in [0.2, 0.25) is 11.9 Å². The molecule has 5 rings (SSSR count). The molecule has 1 aliphatic carbocycles. The lowest BCUT2D eigenvalue weighted by Gasteiger charge is -2.35. The number of anilines is 1. The Labute approximate surface area is 160 Å². The second-order valence-corrected chi connectivity index (χ2v) is 7.75. The molecular weight excluding hydrogens is 363 g/mol. The van der Waals surface area contributed by atoms with Gasteiger partial charge >= 0.3 is 0 Å². The van der Waals surface area contributed by atoms with Gasteiger partial charge in [-0.3, -0.25) is 14.9 Å². The minimum atomic E-state index is -0.579. The van der Waals surface area contributed by atoms with Gasteiger partial charge in [-0.25, -0.2) is 14.4 Å². The topological polar surface area (TPSA) is 84.4 Å². The number of carbonyl (C=O) groups is 2.